The maximum atomic E-state index is 14.3. The number of rotatable bonds is 7. The summed E-state index contributed by atoms with van der Waals surface area (Å²) in [7, 11) is 0. The van der Waals surface area contributed by atoms with Crippen molar-refractivity contribution in [2.24, 2.45) is 0 Å². The number of benzene rings is 2. The zero-order valence-electron chi connectivity index (χ0n) is 18.7. The van der Waals surface area contributed by atoms with Crippen molar-refractivity contribution in [2.45, 2.75) is 50.9 Å². The highest BCUT2D eigenvalue weighted by atomic mass is 19.1. The van der Waals surface area contributed by atoms with Crippen molar-refractivity contribution >= 4 is 11.8 Å². The van der Waals surface area contributed by atoms with Crippen molar-refractivity contribution in [1.82, 2.24) is 25.4 Å². The second-order valence-electron chi connectivity index (χ2n) is 8.68. The van der Waals surface area contributed by atoms with E-state index in [-0.39, 0.29) is 31.2 Å². The molecule has 3 unspecified atom stereocenters. The van der Waals surface area contributed by atoms with E-state index < -0.39 is 18.3 Å². The zero-order chi connectivity index (χ0) is 23.4. The molecule has 2 N–H and O–H groups in total. The van der Waals surface area contributed by atoms with Crippen LogP contribution in [0.4, 0.5) is 4.39 Å². The van der Waals surface area contributed by atoms with Gasteiger partial charge in [-0.3, -0.25) is 14.7 Å². The molecule has 172 valence electrons. The highest BCUT2D eigenvalue weighted by Gasteiger charge is 2.40. The Bertz CT molecular complexity index is 1070. The fraction of sp³-hybridized carbons (Fsp3) is 0.360. The van der Waals surface area contributed by atoms with Gasteiger partial charge < -0.3 is 10.2 Å². The van der Waals surface area contributed by atoms with Crippen molar-refractivity contribution < 1.29 is 14.0 Å². The molecule has 33 heavy (non-hydrogen) atoms. The van der Waals surface area contributed by atoms with Gasteiger partial charge >= 0.3 is 0 Å². The predicted molar refractivity (Wildman–Crippen MR) is 122 cm³/mol. The van der Waals surface area contributed by atoms with Crippen LogP contribution in [0.2, 0.25) is 0 Å². The molecule has 7 nitrogen and oxygen atoms in total. The van der Waals surface area contributed by atoms with Gasteiger partial charge in [0.25, 0.3) is 0 Å². The Hall–Kier alpha value is -3.55. The summed E-state index contributed by atoms with van der Waals surface area (Å²) in [6, 6.07) is 16.5. The highest BCUT2D eigenvalue weighted by Crippen LogP contribution is 2.27. The summed E-state index contributed by atoms with van der Waals surface area (Å²) < 4.78 is 14.3. The van der Waals surface area contributed by atoms with Crippen molar-refractivity contribution in [1.29, 1.82) is 0 Å². The molecule has 0 bridgehead atoms. The minimum atomic E-state index is -1.25. The number of aromatic amines is 1. The highest BCUT2D eigenvalue weighted by molar-refractivity contribution is 5.89. The molecule has 1 saturated heterocycles. The van der Waals surface area contributed by atoms with Crippen molar-refractivity contribution in [2.75, 3.05) is 6.54 Å². The van der Waals surface area contributed by atoms with E-state index in [1.54, 1.807) is 0 Å². The summed E-state index contributed by atoms with van der Waals surface area (Å²) in [5, 5.41) is 9.43. The molecule has 3 atom stereocenters. The van der Waals surface area contributed by atoms with E-state index in [0.717, 1.165) is 11.1 Å². The lowest BCUT2D eigenvalue weighted by Gasteiger charge is -2.27. The van der Waals surface area contributed by atoms with Crippen molar-refractivity contribution in [3.8, 4) is 0 Å². The number of alkyl halides is 1. The van der Waals surface area contributed by atoms with Crippen LogP contribution in [0.5, 0.6) is 0 Å². The van der Waals surface area contributed by atoms with Crippen LogP contribution < -0.4 is 5.32 Å². The molecule has 2 amide bonds. The largest absolute Gasteiger partial charge is 0.343 e. The van der Waals surface area contributed by atoms with Gasteiger partial charge in [-0.05, 0) is 22.6 Å². The van der Waals surface area contributed by atoms with Gasteiger partial charge in [0.1, 0.15) is 24.4 Å². The first kappa shape index (κ1) is 22.6. The molecule has 8 heteroatoms. The number of nitrogens with zero attached hydrogens (tertiary/aromatic N) is 3. The summed E-state index contributed by atoms with van der Waals surface area (Å²) in [6.07, 6.45) is -0.0270. The Morgan fingerprint density at radius 3 is 2.39 bits per heavy atom. The smallest absolute Gasteiger partial charge is 0.243 e. The molecule has 1 aliphatic heterocycles. The number of nitrogens with one attached hydrogen (secondary N) is 2. The van der Waals surface area contributed by atoms with Crippen LogP contribution in [0.15, 0.2) is 60.9 Å². The molecule has 1 fully saturated rings. The van der Waals surface area contributed by atoms with Crippen molar-refractivity contribution in [3.05, 3.63) is 83.4 Å². The first-order chi connectivity index (χ1) is 15.9. The molecule has 1 aromatic heterocycles. The summed E-state index contributed by atoms with van der Waals surface area (Å²) in [6.45, 7) is 4.15. The number of amides is 2. The number of hydrogen-bond acceptors (Lipinski definition) is 4. The topological polar surface area (TPSA) is 91.0 Å². The van der Waals surface area contributed by atoms with E-state index in [1.165, 1.54) is 16.8 Å². The number of hydrogen-bond donors (Lipinski definition) is 2. The first-order valence-corrected chi connectivity index (χ1v) is 11.2. The fourth-order valence-corrected chi connectivity index (χ4v) is 4.19. The second kappa shape index (κ2) is 9.94. The molecule has 4 rings (SSSR count). The number of carbonyl (C=O) groups is 2. The quantitative estimate of drug-likeness (QED) is 0.579. The average Bonchev–Trinajstić information content (AvgIpc) is 3.47. The van der Waals surface area contributed by atoms with Gasteiger partial charge in [0.15, 0.2) is 0 Å². The molecule has 2 heterocycles. The van der Waals surface area contributed by atoms with Gasteiger partial charge in [-0.1, -0.05) is 68.4 Å². The zero-order valence-corrected chi connectivity index (χ0v) is 18.7. The van der Waals surface area contributed by atoms with E-state index in [0.29, 0.717) is 11.7 Å². The molecule has 3 aromatic rings. The third-order valence-electron chi connectivity index (χ3n) is 6.01. The van der Waals surface area contributed by atoms with Crippen LogP contribution in [-0.4, -0.2) is 50.7 Å². The van der Waals surface area contributed by atoms with Gasteiger partial charge in [0.05, 0.1) is 19.0 Å². The van der Waals surface area contributed by atoms with Gasteiger partial charge in [0.2, 0.25) is 11.8 Å². The average molecular weight is 450 g/mol. The third-order valence-corrected chi connectivity index (χ3v) is 6.01. The number of likely N-dealkylation sites (tertiary alicyclic amines) is 1. The molecule has 0 spiro atoms. The lowest BCUT2D eigenvalue weighted by atomic mass is 9.95. The van der Waals surface area contributed by atoms with Crippen LogP contribution in [0.25, 0.3) is 0 Å². The minimum Gasteiger partial charge on any atom is -0.343 e. The number of carbonyl (C=O) groups excluding carboxylic acids is 2. The Balaban J connectivity index is 1.56. The molecule has 0 aliphatic carbocycles. The SMILES string of the molecule is CC(C)c1ccc(C(NC(=O)C2CC(F)CN2C(=O)Cc2ncn[nH]2)c2ccccc2)cc1. The van der Waals surface area contributed by atoms with E-state index in [2.05, 4.69) is 46.5 Å². The lowest BCUT2D eigenvalue weighted by Crippen LogP contribution is -2.47. The fourth-order valence-electron chi connectivity index (χ4n) is 4.19. The maximum Gasteiger partial charge on any atom is 0.243 e. The predicted octanol–water partition coefficient (Wildman–Crippen LogP) is 3.32. The van der Waals surface area contributed by atoms with Crippen LogP contribution in [-0.2, 0) is 16.0 Å². The van der Waals surface area contributed by atoms with Crippen LogP contribution in [0.1, 0.15) is 54.7 Å². The van der Waals surface area contributed by atoms with Crippen LogP contribution in [0, 0.1) is 0 Å². The Morgan fingerprint density at radius 1 is 1.09 bits per heavy atom. The van der Waals surface area contributed by atoms with E-state index in [9.17, 15) is 14.0 Å². The standard InChI is InChI=1S/C25H28FN5O2/c1-16(2)17-8-10-19(11-9-17)24(18-6-4-3-5-7-18)29-25(33)21-12-20(26)14-31(21)23(32)13-22-27-15-28-30-22/h3-11,15-16,20-21,24H,12-14H2,1-2H3,(H,29,33)(H,27,28,30). The molecular formula is C25H28FN5O2. The van der Waals surface area contributed by atoms with E-state index >= 15 is 0 Å². The maximum absolute atomic E-state index is 14.3. The molecule has 0 radical (unpaired) electrons. The van der Waals surface area contributed by atoms with Crippen molar-refractivity contribution in [3.63, 3.8) is 0 Å². The molecular weight excluding hydrogens is 421 g/mol. The van der Waals surface area contributed by atoms with Gasteiger partial charge in [0, 0.05) is 6.42 Å². The molecule has 2 aromatic carbocycles. The Kier molecular flexibility index (Phi) is 6.82. The van der Waals surface area contributed by atoms with Crippen LogP contribution >= 0.6 is 0 Å². The van der Waals surface area contributed by atoms with Crippen LogP contribution in [0.3, 0.4) is 0 Å². The number of aromatic nitrogens is 3. The van der Waals surface area contributed by atoms with Gasteiger partial charge in [-0.25, -0.2) is 9.37 Å². The monoisotopic (exact) mass is 449 g/mol. The first-order valence-electron chi connectivity index (χ1n) is 11.2. The minimum absolute atomic E-state index is 0.0260. The normalized spacial score (nSPS) is 19.0. The second-order valence-corrected chi connectivity index (χ2v) is 8.68. The summed E-state index contributed by atoms with van der Waals surface area (Å²) >= 11 is 0. The Morgan fingerprint density at radius 2 is 1.76 bits per heavy atom. The van der Waals surface area contributed by atoms with E-state index in [4.69, 9.17) is 0 Å². The van der Waals surface area contributed by atoms with E-state index in [1.807, 2.05) is 42.5 Å². The number of H-pyrrole nitrogens is 1. The number of halogens is 1. The lowest BCUT2D eigenvalue weighted by molar-refractivity contribution is -0.138. The third kappa shape index (κ3) is 5.27. The Labute approximate surface area is 192 Å². The van der Waals surface area contributed by atoms with Gasteiger partial charge in [-0.2, -0.15) is 5.10 Å². The molecule has 0 saturated carbocycles. The summed E-state index contributed by atoms with van der Waals surface area (Å²) in [4.78, 5) is 31.4. The van der Waals surface area contributed by atoms with Gasteiger partial charge in [-0.15, -0.1) is 0 Å². The summed E-state index contributed by atoms with van der Waals surface area (Å²) in [5.74, 6) is 0.0500. The molecule has 1 aliphatic rings. The summed E-state index contributed by atoms with van der Waals surface area (Å²) in [5.41, 5.74) is 3.04.